The Morgan fingerprint density at radius 2 is 2.32 bits per heavy atom. The first kappa shape index (κ1) is 12.8. The molecular weight excluding hydrogens is 253 g/mol. The van der Waals surface area contributed by atoms with Crippen molar-refractivity contribution >= 4 is 0 Å². The van der Waals surface area contributed by atoms with Gasteiger partial charge in [-0.25, -0.2) is 9.07 Å². The van der Waals surface area contributed by atoms with Crippen LogP contribution in [0.5, 0.6) is 5.75 Å². The monoisotopic (exact) mass is 263 g/mol. The lowest BCUT2D eigenvalue weighted by Gasteiger charge is -2.14. The van der Waals surface area contributed by atoms with Crippen molar-refractivity contribution in [3.8, 4) is 11.4 Å². The van der Waals surface area contributed by atoms with Crippen molar-refractivity contribution in [2.75, 3.05) is 7.11 Å². The quantitative estimate of drug-likeness (QED) is 0.479. The molecule has 0 saturated heterocycles. The van der Waals surface area contributed by atoms with E-state index in [0.717, 1.165) is 0 Å². The number of halogens is 1. The lowest BCUT2D eigenvalue weighted by atomic mass is 10.1. The third-order valence-corrected chi connectivity index (χ3v) is 2.58. The zero-order valence-electron chi connectivity index (χ0n) is 10.2. The van der Waals surface area contributed by atoms with Crippen LogP contribution in [0, 0.1) is 5.82 Å². The van der Waals surface area contributed by atoms with Crippen LogP contribution in [0.25, 0.3) is 16.1 Å². The predicted octanol–water partition coefficient (Wildman–Crippen LogP) is 2.18. The number of tetrazole rings is 1. The molecule has 0 aliphatic carbocycles. The van der Waals surface area contributed by atoms with Gasteiger partial charge in [0.1, 0.15) is 6.33 Å². The van der Waals surface area contributed by atoms with Crippen LogP contribution in [0.3, 0.4) is 0 Å². The van der Waals surface area contributed by atoms with Crippen molar-refractivity contribution in [2.45, 2.75) is 13.0 Å². The smallest absolute Gasteiger partial charge is 0.170 e. The minimum atomic E-state index is -0.723. The maximum atomic E-state index is 14.3. The van der Waals surface area contributed by atoms with Crippen LogP contribution in [0.15, 0.2) is 23.6 Å². The van der Waals surface area contributed by atoms with Crippen molar-refractivity contribution < 1.29 is 9.13 Å². The van der Waals surface area contributed by atoms with Crippen molar-refractivity contribution in [2.24, 2.45) is 5.11 Å². The van der Waals surface area contributed by atoms with Gasteiger partial charge in [0.25, 0.3) is 0 Å². The van der Waals surface area contributed by atoms with Gasteiger partial charge in [0.15, 0.2) is 11.6 Å². The van der Waals surface area contributed by atoms with E-state index in [1.165, 1.54) is 24.2 Å². The summed E-state index contributed by atoms with van der Waals surface area (Å²) in [7, 11) is 1.36. The predicted molar refractivity (Wildman–Crippen MR) is 63.2 cm³/mol. The molecule has 98 valence electrons. The molecular formula is C10H10FN7O. The van der Waals surface area contributed by atoms with Gasteiger partial charge in [-0.05, 0) is 28.1 Å². The van der Waals surface area contributed by atoms with Gasteiger partial charge in [0.05, 0.1) is 18.8 Å². The molecule has 0 bridgehead atoms. The van der Waals surface area contributed by atoms with Gasteiger partial charge < -0.3 is 4.74 Å². The second-order valence-corrected chi connectivity index (χ2v) is 3.65. The molecule has 1 aromatic heterocycles. The van der Waals surface area contributed by atoms with Gasteiger partial charge in [0.2, 0.25) is 0 Å². The Hall–Kier alpha value is -2.67. The normalized spacial score (nSPS) is 11.7. The van der Waals surface area contributed by atoms with E-state index < -0.39 is 11.9 Å². The molecule has 8 nitrogen and oxygen atoms in total. The van der Waals surface area contributed by atoms with Gasteiger partial charge in [-0.2, -0.15) is 0 Å². The summed E-state index contributed by atoms with van der Waals surface area (Å²) in [5, 5.41) is 14.2. The third kappa shape index (κ3) is 2.31. The minimum Gasteiger partial charge on any atom is -0.494 e. The topological polar surface area (TPSA) is 102 Å². The van der Waals surface area contributed by atoms with Crippen molar-refractivity contribution in [3.63, 3.8) is 0 Å². The van der Waals surface area contributed by atoms with Crippen LogP contribution in [-0.4, -0.2) is 27.3 Å². The molecule has 0 N–H and O–H groups in total. The second kappa shape index (κ2) is 5.32. The first-order valence-corrected chi connectivity index (χ1v) is 5.33. The minimum absolute atomic E-state index is 0.0619. The van der Waals surface area contributed by atoms with E-state index in [0.29, 0.717) is 5.69 Å². The van der Waals surface area contributed by atoms with Crippen LogP contribution in [0.4, 0.5) is 4.39 Å². The number of benzene rings is 1. The molecule has 0 aliphatic rings. The van der Waals surface area contributed by atoms with Gasteiger partial charge in [0, 0.05) is 10.5 Å². The Bertz CT molecular complexity index is 621. The molecule has 1 aromatic carbocycles. The molecule has 2 rings (SSSR count). The molecule has 0 aliphatic heterocycles. The number of ether oxygens (including phenoxy) is 1. The van der Waals surface area contributed by atoms with E-state index in [1.54, 1.807) is 13.0 Å². The summed E-state index contributed by atoms with van der Waals surface area (Å²) >= 11 is 0. The SMILES string of the molecule is COc1ccc(-n2cnnn2)c(C(C)N=[N+]=[N-])c1F. The van der Waals surface area contributed by atoms with Crippen LogP contribution < -0.4 is 4.74 Å². The molecule has 1 unspecified atom stereocenters. The Morgan fingerprint density at radius 1 is 1.53 bits per heavy atom. The summed E-state index contributed by atoms with van der Waals surface area (Å²) in [6.07, 6.45) is 1.33. The molecule has 19 heavy (non-hydrogen) atoms. The molecule has 9 heteroatoms. The zero-order valence-corrected chi connectivity index (χ0v) is 10.2. The highest BCUT2D eigenvalue weighted by Gasteiger charge is 2.20. The first-order valence-electron chi connectivity index (χ1n) is 5.33. The second-order valence-electron chi connectivity index (χ2n) is 3.65. The highest BCUT2D eigenvalue weighted by atomic mass is 19.1. The Labute approximate surface area is 107 Å². The lowest BCUT2D eigenvalue weighted by Crippen LogP contribution is -2.06. The number of rotatable bonds is 4. The largest absolute Gasteiger partial charge is 0.494 e. The molecule has 0 radical (unpaired) electrons. The average molecular weight is 263 g/mol. The van der Waals surface area contributed by atoms with E-state index in [9.17, 15) is 4.39 Å². The van der Waals surface area contributed by atoms with Crippen molar-refractivity contribution in [1.82, 2.24) is 20.2 Å². The van der Waals surface area contributed by atoms with Gasteiger partial charge in [-0.3, -0.25) is 0 Å². The Balaban J connectivity index is 2.67. The van der Waals surface area contributed by atoms with Gasteiger partial charge >= 0.3 is 0 Å². The molecule has 0 saturated carbocycles. The van der Waals surface area contributed by atoms with E-state index in [4.69, 9.17) is 10.3 Å². The van der Waals surface area contributed by atoms with Crippen LogP contribution in [-0.2, 0) is 0 Å². The summed E-state index contributed by atoms with van der Waals surface area (Å²) in [5.41, 5.74) is 9.06. The zero-order chi connectivity index (χ0) is 13.8. The Morgan fingerprint density at radius 3 is 2.89 bits per heavy atom. The summed E-state index contributed by atoms with van der Waals surface area (Å²) in [4.78, 5) is 2.69. The lowest BCUT2D eigenvalue weighted by molar-refractivity contribution is 0.382. The maximum Gasteiger partial charge on any atom is 0.170 e. The van der Waals surface area contributed by atoms with E-state index in [-0.39, 0.29) is 11.3 Å². The fourth-order valence-electron chi connectivity index (χ4n) is 1.72. The van der Waals surface area contributed by atoms with E-state index >= 15 is 0 Å². The van der Waals surface area contributed by atoms with Crippen LogP contribution in [0.2, 0.25) is 0 Å². The van der Waals surface area contributed by atoms with Crippen LogP contribution >= 0.6 is 0 Å². The van der Waals surface area contributed by atoms with Crippen LogP contribution in [0.1, 0.15) is 18.5 Å². The van der Waals surface area contributed by atoms with Crippen molar-refractivity contribution in [3.05, 3.63) is 40.3 Å². The van der Waals surface area contributed by atoms with Gasteiger partial charge in [-0.1, -0.05) is 12.0 Å². The number of azide groups is 1. The van der Waals surface area contributed by atoms with E-state index in [1.807, 2.05) is 0 Å². The number of aromatic nitrogens is 4. The third-order valence-electron chi connectivity index (χ3n) is 2.58. The standard InChI is InChI=1S/C10H10FN7O/c1-6(14-15-12)9-7(18-5-13-16-17-18)3-4-8(19-2)10(9)11/h3-6H,1-2H3. The molecule has 0 spiro atoms. The fourth-order valence-corrected chi connectivity index (χ4v) is 1.72. The van der Waals surface area contributed by atoms with Gasteiger partial charge in [-0.15, -0.1) is 5.10 Å². The summed E-state index contributed by atoms with van der Waals surface area (Å²) in [6.45, 7) is 1.57. The summed E-state index contributed by atoms with van der Waals surface area (Å²) < 4.78 is 20.5. The molecule has 0 amide bonds. The highest BCUT2D eigenvalue weighted by Crippen LogP contribution is 2.32. The number of nitrogens with zero attached hydrogens (tertiary/aromatic N) is 7. The molecule has 1 heterocycles. The summed E-state index contributed by atoms with van der Waals surface area (Å²) in [5.74, 6) is -0.540. The summed E-state index contributed by atoms with van der Waals surface area (Å²) in [6, 6.07) is 2.33. The molecule has 1 atom stereocenters. The fraction of sp³-hybridized carbons (Fsp3) is 0.300. The number of hydrogen-bond acceptors (Lipinski definition) is 5. The molecule has 0 fully saturated rings. The molecule has 2 aromatic rings. The Kier molecular flexibility index (Phi) is 3.58. The van der Waals surface area contributed by atoms with Crippen molar-refractivity contribution in [1.29, 1.82) is 0 Å². The average Bonchev–Trinajstić information content (AvgIpc) is 2.92. The highest BCUT2D eigenvalue weighted by molar-refractivity contribution is 5.48. The number of methoxy groups -OCH3 is 1. The number of hydrogen-bond donors (Lipinski definition) is 0. The maximum absolute atomic E-state index is 14.3. The first-order chi connectivity index (χ1) is 9.19. The van der Waals surface area contributed by atoms with E-state index in [2.05, 4.69) is 25.6 Å².